The number of halogens is 2. The molecule has 1 unspecified atom stereocenters. The number of anilines is 1. The molecule has 1 N–H and O–H groups in total. The van der Waals surface area contributed by atoms with Crippen LogP contribution in [0.2, 0.25) is 10.0 Å². The highest BCUT2D eigenvalue weighted by Crippen LogP contribution is 2.47. The minimum atomic E-state index is -2.72. The SMILES string of the molecule is [2H]C1([2H])OC2(c3ccccc3Cl)c3cc(Cl)ccc3NC(=O)CN2C1([2H])[2H]. The Morgan fingerprint density at radius 2 is 2.04 bits per heavy atom. The van der Waals surface area contributed by atoms with Gasteiger partial charge in [-0.15, -0.1) is 0 Å². The number of hydrogen-bond acceptors (Lipinski definition) is 3. The predicted molar refractivity (Wildman–Crippen MR) is 89.8 cm³/mol. The van der Waals surface area contributed by atoms with Crippen LogP contribution in [0.15, 0.2) is 42.5 Å². The second-order valence-electron chi connectivity index (χ2n) is 5.26. The van der Waals surface area contributed by atoms with Gasteiger partial charge in [0.05, 0.1) is 15.8 Å². The number of nitrogens with one attached hydrogen (secondary N) is 1. The molecular weight excluding hydrogens is 335 g/mol. The van der Waals surface area contributed by atoms with Crippen LogP contribution in [0.1, 0.15) is 16.6 Å². The summed E-state index contributed by atoms with van der Waals surface area (Å²) in [6, 6.07) is 11.3. The lowest BCUT2D eigenvalue weighted by Gasteiger charge is -2.37. The van der Waals surface area contributed by atoms with Crippen LogP contribution >= 0.6 is 23.2 Å². The van der Waals surface area contributed by atoms with Crippen molar-refractivity contribution < 1.29 is 15.0 Å². The topological polar surface area (TPSA) is 41.6 Å². The fourth-order valence-electron chi connectivity index (χ4n) is 2.96. The van der Waals surface area contributed by atoms with Crippen molar-refractivity contribution in [2.75, 3.05) is 24.9 Å². The number of carbonyl (C=O) groups is 1. The van der Waals surface area contributed by atoms with Crippen LogP contribution < -0.4 is 5.32 Å². The number of carbonyl (C=O) groups excluding carboxylic acids is 1. The Balaban J connectivity index is 2.13. The molecule has 0 saturated carbocycles. The van der Waals surface area contributed by atoms with Crippen molar-refractivity contribution in [2.24, 2.45) is 0 Å². The molecule has 0 aromatic heterocycles. The van der Waals surface area contributed by atoms with Gasteiger partial charge in [-0.05, 0) is 24.3 Å². The highest BCUT2D eigenvalue weighted by molar-refractivity contribution is 6.31. The van der Waals surface area contributed by atoms with Gasteiger partial charge >= 0.3 is 0 Å². The number of benzene rings is 2. The molecule has 2 aliphatic rings. The van der Waals surface area contributed by atoms with E-state index in [0.29, 0.717) is 21.8 Å². The summed E-state index contributed by atoms with van der Waals surface area (Å²) in [5, 5.41) is 3.28. The van der Waals surface area contributed by atoms with E-state index in [2.05, 4.69) is 5.32 Å². The molecule has 4 rings (SSSR count). The molecule has 0 aliphatic carbocycles. The first-order valence-electron chi connectivity index (χ1n) is 8.92. The van der Waals surface area contributed by atoms with E-state index in [4.69, 9.17) is 33.4 Å². The van der Waals surface area contributed by atoms with Crippen molar-refractivity contribution in [3.05, 3.63) is 63.6 Å². The van der Waals surface area contributed by atoms with Gasteiger partial charge < -0.3 is 10.1 Å². The minimum absolute atomic E-state index is 0.247. The standard InChI is InChI=1S/C17H14Cl2N2O2/c18-11-5-6-15-13(9-11)17(12-3-1-2-4-14(12)19)21(7-8-23-17)10-16(22)20-15/h1-6,9H,7-8,10H2,(H,20,22)/i7D2,8D2. The second-order valence-corrected chi connectivity index (χ2v) is 6.11. The van der Waals surface area contributed by atoms with Gasteiger partial charge in [0.1, 0.15) is 0 Å². The molecule has 0 spiro atoms. The molecule has 2 aromatic rings. The first-order valence-corrected chi connectivity index (χ1v) is 7.68. The van der Waals surface area contributed by atoms with Crippen molar-refractivity contribution in [2.45, 2.75) is 5.72 Å². The van der Waals surface area contributed by atoms with Crippen LogP contribution in [-0.2, 0) is 15.3 Å². The Hall–Kier alpha value is -1.59. The van der Waals surface area contributed by atoms with E-state index in [1.807, 2.05) is 0 Å². The zero-order chi connectivity index (χ0) is 19.6. The van der Waals surface area contributed by atoms with Gasteiger partial charge in [0.2, 0.25) is 5.91 Å². The fourth-order valence-corrected chi connectivity index (χ4v) is 3.39. The Labute approximate surface area is 149 Å². The Kier molecular flexibility index (Phi) is 2.64. The molecule has 1 saturated heterocycles. The van der Waals surface area contributed by atoms with Crippen LogP contribution in [0.3, 0.4) is 0 Å². The Morgan fingerprint density at radius 1 is 1.22 bits per heavy atom. The van der Waals surface area contributed by atoms with Gasteiger partial charge in [-0.2, -0.15) is 0 Å². The Bertz CT molecular complexity index is 956. The van der Waals surface area contributed by atoms with Gasteiger partial charge in [0.25, 0.3) is 0 Å². The number of amides is 1. The lowest BCUT2D eigenvalue weighted by Crippen LogP contribution is -2.44. The fraction of sp³-hybridized carbons (Fsp3) is 0.235. The number of rotatable bonds is 1. The maximum Gasteiger partial charge on any atom is 0.238 e. The third kappa shape index (κ3) is 2.25. The molecule has 2 aliphatic heterocycles. The normalized spacial score (nSPS) is 30.8. The summed E-state index contributed by atoms with van der Waals surface area (Å²) in [6.07, 6.45) is 0. The van der Waals surface area contributed by atoms with Crippen molar-refractivity contribution in [3.63, 3.8) is 0 Å². The number of nitrogens with zero attached hydrogens (tertiary/aromatic N) is 1. The number of hydrogen-bond donors (Lipinski definition) is 1. The minimum Gasteiger partial charge on any atom is -0.350 e. The summed E-state index contributed by atoms with van der Waals surface area (Å²) in [6.45, 7) is -5.78. The van der Waals surface area contributed by atoms with Gasteiger partial charge in [0, 0.05) is 36.1 Å². The third-order valence-corrected chi connectivity index (χ3v) is 4.49. The quantitative estimate of drug-likeness (QED) is 0.854. The molecule has 23 heavy (non-hydrogen) atoms. The first-order chi connectivity index (χ1) is 12.6. The van der Waals surface area contributed by atoms with E-state index in [0.717, 1.165) is 4.90 Å². The summed E-state index contributed by atoms with van der Waals surface area (Å²) in [5.74, 6) is -0.502. The molecule has 1 fully saturated rings. The lowest BCUT2D eigenvalue weighted by molar-refractivity contribution is -0.120. The van der Waals surface area contributed by atoms with Crippen molar-refractivity contribution in [1.82, 2.24) is 4.90 Å². The van der Waals surface area contributed by atoms with Gasteiger partial charge in [-0.1, -0.05) is 41.4 Å². The molecule has 0 radical (unpaired) electrons. The third-order valence-electron chi connectivity index (χ3n) is 3.92. The zero-order valence-electron chi connectivity index (χ0n) is 15.8. The summed E-state index contributed by atoms with van der Waals surface area (Å²) in [4.78, 5) is 13.5. The van der Waals surface area contributed by atoms with Crippen LogP contribution in [0.4, 0.5) is 5.69 Å². The van der Waals surface area contributed by atoms with Crippen LogP contribution in [0.5, 0.6) is 0 Å². The van der Waals surface area contributed by atoms with Crippen molar-refractivity contribution in [3.8, 4) is 0 Å². The maximum absolute atomic E-state index is 12.5. The summed E-state index contributed by atoms with van der Waals surface area (Å²) in [5.41, 5.74) is -0.818. The average molecular weight is 353 g/mol. The zero-order valence-corrected chi connectivity index (χ0v) is 13.3. The Morgan fingerprint density at radius 3 is 2.87 bits per heavy atom. The van der Waals surface area contributed by atoms with Crippen LogP contribution in [0, 0.1) is 0 Å². The highest BCUT2D eigenvalue weighted by Gasteiger charge is 2.50. The second kappa shape index (κ2) is 5.49. The smallest absolute Gasteiger partial charge is 0.238 e. The molecule has 2 aromatic carbocycles. The van der Waals surface area contributed by atoms with E-state index in [-0.39, 0.29) is 5.02 Å². The largest absolute Gasteiger partial charge is 0.350 e. The van der Waals surface area contributed by atoms with Crippen LogP contribution in [-0.4, -0.2) is 30.4 Å². The molecule has 2 heterocycles. The first kappa shape index (κ1) is 11.0. The van der Waals surface area contributed by atoms with Gasteiger partial charge in [-0.3, -0.25) is 9.69 Å². The van der Waals surface area contributed by atoms with E-state index >= 15 is 0 Å². The van der Waals surface area contributed by atoms with E-state index in [1.54, 1.807) is 36.4 Å². The molecule has 118 valence electrons. The van der Waals surface area contributed by atoms with Crippen LogP contribution in [0.25, 0.3) is 0 Å². The maximum atomic E-state index is 12.5. The summed E-state index contributed by atoms with van der Waals surface area (Å²) >= 11 is 12.6. The molecule has 6 heteroatoms. The van der Waals surface area contributed by atoms with Crippen molar-refractivity contribution in [1.29, 1.82) is 0 Å². The summed E-state index contributed by atoms with van der Waals surface area (Å²) < 4.78 is 38.9. The lowest BCUT2D eigenvalue weighted by atomic mass is 9.92. The monoisotopic (exact) mass is 352 g/mol. The highest BCUT2D eigenvalue weighted by atomic mass is 35.5. The van der Waals surface area contributed by atoms with Crippen molar-refractivity contribution >= 4 is 34.8 Å². The van der Waals surface area contributed by atoms with Gasteiger partial charge in [-0.25, -0.2) is 0 Å². The molecule has 4 nitrogen and oxygen atoms in total. The van der Waals surface area contributed by atoms with E-state index in [9.17, 15) is 4.79 Å². The van der Waals surface area contributed by atoms with E-state index < -0.39 is 31.2 Å². The number of fused-ring (bicyclic) bond motifs is 3. The van der Waals surface area contributed by atoms with E-state index in [1.165, 1.54) is 6.07 Å². The van der Waals surface area contributed by atoms with Gasteiger partial charge in [0.15, 0.2) is 5.72 Å². The molecule has 1 atom stereocenters. The average Bonchev–Trinajstić information content (AvgIpc) is 2.67. The molecular formula is C17H14Cl2N2O2. The predicted octanol–water partition coefficient (Wildman–Crippen LogP) is 3.48. The molecule has 0 bridgehead atoms. The summed E-state index contributed by atoms with van der Waals surface area (Å²) in [7, 11) is 0. The molecule has 1 amide bonds. The number of ether oxygens (including phenoxy) is 1.